The second-order valence-corrected chi connectivity index (χ2v) is 2.92. The molecule has 0 unspecified atom stereocenters. The van der Waals surface area contributed by atoms with Gasteiger partial charge in [0.05, 0.1) is 9.85 Å². The minimum Gasteiger partial charge on any atom is -0.258 e. The summed E-state index contributed by atoms with van der Waals surface area (Å²) in [6.45, 7) is 0. The van der Waals surface area contributed by atoms with E-state index in [0.29, 0.717) is 0 Å². The molecule has 0 atom stereocenters. The van der Waals surface area contributed by atoms with Crippen molar-refractivity contribution in [3.8, 4) is 0 Å². The molecular weight excluding hydrogens is 323 g/mol. The van der Waals surface area contributed by atoms with Gasteiger partial charge in [-0.25, -0.2) is 0 Å². The third kappa shape index (κ3) is 2.50. The molecule has 0 N–H and O–H groups in total. The van der Waals surface area contributed by atoms with Crippen LogP contribution in [0.15, 0.2) is 22.7 Å². The molecular formula is C6H3BrN2O4Se. The zero-order chi connectivity index (χ0) is 10.0. The van der Waals surface area contributed by atoms with E-state index in [1.807, 2.05) is 0 Å². The average Bonchev–Trinajstić information content (AvgIpc) is 2.03. The van der Waals surface area contributed by atoms with E-state index in [-0.39, 0.29) is 32.9 Å². The summed E-state index contributed by atoms with van der Waals surface area (Å²) in [6.07, 6.45) is 0. The monoisotopic (exact) mass is 326 g/mol. The first-order chi connectivity index (χ1) is 6.04. The minimum atomic E-state index is -0.683. The molecule has 0 bridgehead atoms. The van der Waals surface area contributed by atoms with Gasteiger partial charge >= 0.3 is 0 Å². The number of hydrogen-bond acceptors (Lipinski definition) is 4. The predicted molar refractivity (Wildman–Crippen MR) is 53.2 cm³/mol. The summed E-state index contributed by atoms with van der Waals surface area (Å²) in [5.74, 6) is 0. The molecule has 6 nitrogen and oxygen atoms in total. The standard InChI is InChI=1S/C6H3BrN2O4.Se/c7-6-4(8(10)11)2-1-3-5(6)9(12)13;/h1-3H;. The van der Waals surface area contributed by atoms with Crippen LogP contribution in [0.1, 0.15) is 0 Å². The van der Waals surface area contributed by atoms with Crippen LogP contribution in [0.2, 0.25) is 0 Å². The van der Waals surface area contributed by atoms with E-state index in [1.165, 1.54) is 18.2 Å². The van der Waals surface area contributed by atoms with Crippen molar-refractivity contribution in [3.05, 3.63) is 42.9 Å². The summed E-state index contributed by atoms with van der Waals surface area (Å²) in [5.41, 5.74) is -0.622. The maximum Gasteiger partial charge on any atom is 0.290 e. The maximum absolute atomic E-state index is 10.3. The normalized spacial score (nSPS) is 8.93. The molecule has 0 aromatic heterocycles. The summed E-state index contributed by atoms with van der Waals surface area (Å²) >= 11 is 2.80. The van der Waals surface area contributed by atoms with Gasteiger partial charge in [0, 0.05) is 29.2 Å². The van der Waals surface area contributed by atoms with E-state index in [4.69, 9.17) is 0 Å². The summed E-state index contributed by atoms with van der Waals surface area (Å²) < 4.78 is -0.106. The Bertz CT molecular complexity index is 352. The van der Waals surface area contributed by atoms with E-state index < -0.39 is 9.85 Å². The Labute approximate surface area is 97.2 Å². The van der Waals surface area contributed by atoms with Crippen molar-refractivity contribution < 1.29 is 9.85 Å². The summed E-state index contributed by atoms with van der Waals surface area (Å²) in [4.78, 5) is 19.3. The Morgan fingerprint density at radius 1 is 1.07 bits per heavy atom. The Balaban J connectivity index is 0.00000169. The first kappa shape index (κ1) is 13.0. The number of benzene rings is 1. The van der Waals surface area contributed by atoms with Crippen molar-refractivity contribution in [2.75, 3.05) is 0 Å². The number of hydrogen-bond donors (Lipinski definition) is 0. The van der Waals surface area contributed by atoms with Gasteiger partial charge in [0.25, 0.3) is 11.4 Å². The van der Waals surface area contributed by atoms with Crippen LogP contribution < -0.4 is 0 Å². The zero-order valence-electron chi connectivity index (χ0n) is 6.55. The van der Waals surface area contributed by atoms with Gasteiger partial charge in [-0.2, -0.15) is 0 Å². The molecule has 14 heavy (non-hydrogen) atoms. The number of nitrogens with zero attached hydrogens (tertiary/aromatic N) is 2. The van der Waals surface area contributed by atoms with Gasteiger partial charge < -0.3 is 0 Å². The molecule has 1 aromatic carbocycles. The molecule has 1 rings (SSSR count). The largest absolute Gasteiger partial charge is 0.290 e. The number of rotatable bonds is 2. The first-order valence-electron chi connectivity index (χ1n) is 3.11. The van der Waals surface area contributed by atoms with Crippen LogP contribution >= 0.6 is 15.9 Å². The number of halogens is 1. The minimum absolute atomic E-state index is 0. The third-order valence-corrected chi connectivity index (χ3v) is 2.16. The van der Waals surface area contributed by atoms with Crippen LogP contribution in [0, 0.1) is 20.2 Å². The first-order valence-corrected chi connectivity index (χ1v) is 3.90. The van der Waals surface area contributed by atoms with E-state index >= 15 is 0 Å². The molecule has 0 aliphatic carbocycles. The van der Waals surface area contributed by atoms with Crippen molar-refractivity contribution in [1.29, 1.82) is 0 Å². The summed E-state index contributed by atoms with van der Waals surface area (Å²) in [5, 5.41) is 20.7. The molecule has 8 heteroatoms. The fraction of sp³-hybridized carbons (Fsp3) is 0. The Morgan fingerprint density at radius 2 is 1.43 bits per heavy atom. The van der Waals surface area contributed by atoms with E-state index in [2.05, 4.69) is 15.9 Å². The quantitative estimate of drug-likeness (QED) is 0.472. The van der Waals surface area contributed by atoms with Gasteiger partial charge in [0.2, 0.25) is 0 Å². The Hall–Kier alpha value is -0.981. The number of nitro benzene ring substituents is 2. The van der Waals surface area contributed by atoms with Gasteiger partial charge in [-0.15, -0.1) is 0 Å². The summed E-state index contributed by atoms with van der Waals surface area (Å²) in [7, 11) is 0. The van der Waals surface area contributed by atoms with Crippen LogP contribution in [0.25, 0.3) is 0 Å². The van der Waals surface area contributed by atoms with Crippen molar-refractivity contribution >= 4 is 44.4 Å². The molecule has 0 aliphatic rings. The molecule has 0 heterocycles. The van der Waals surface area contributed by atoms with Gasteiger partial charge in [0.15, 0.2) is 4.47 Å². The van der Waals surface area contributed by atoms with Crippen LogP contribution in [0.4, 0.5) is 11.4 Å². The topological polar surface area (TPSA) is 86.3 Å². The van der Waals surface area contributed by atoms with Gasteiger partial charge in [-0.3, -0.25) is 20.2 Å². The van der Waals surface area contributed by atoms with E-state index in [0.717, 1.165) is 0 Å². The predicted octanol–water partition coefficient (Wildman–Crippen LogP) is 1.88. The molecule has 0 spiro atoms. The Kier molecular flexibility index (Phi) is 4.69. The second-order valence-electron chi connectivity index (χ2n) is 2.12. The van der Waals surface area contributed by atoms with Crippen molar-refractivity contribution in [3.63, 3.8) is 0 Å². The summed E-state index contributed by atoms with van der Waals surface area (Å²) in [6, 6.07) is 3.65. The van der Waals surface area contributed by atoms with Crippen molar-refractivity contribution in [2.45, 2.75) is 0 Å². The maximum atomic E-state index is 10.3. The molecule has 0 aliphatic heterocycles. The SMILES string of the molecule is O=[N+]([O-])c1cccc([N+](=O)[O-])c1Br.[Se]. The molecule has 0 fully saturated rings. The van der Waals surface area contributed by atoms with Crippen molar-refractivity contribution in [2.24, 2.45) is 0 Å². The van der Waals surface area contributed by atoms with Crippen molar-refractivity contribution in [1.82, 2.24) is 0 Å². The van der Waals surface area contributed by atoms with E-state index in [1.54, 1.807) is 0 Å². The van der Waals surface area contributed by atoms with Gasteiger partial charge in [0.1, 0.15) is 0 Å². The van der Waals surface area contributed by atoms with Gasteiger partial charge in [-0.05, 0) is 22.0 Å². The van der Waals surface area contributed by atoms with Crippen LogP contribution in [-0.4, -0.2) is 26.9 Å². The third-order valence-electron chi connectivity index (χ3n) is 1.35. The molecule has 0 amide bonds. The zero-order valence-corrected chi connectivity index (χ0v) is 9.84. The number of nitro groups is 2. The van der Waals surface area contributed by atoms with Crippen LogP contribution in [0.5, 0.6) is 0 Å². The fourth-order valence-corrected chi connectivity index (χ4v) is 1.34. The Morgan fingerprint density at radius 3 is 1.71 bits per heavy atom. The average molecular weight is 326 g/mol. The molecule has 74 valence electrons. The van der Waals surface area contributed by atoms with E-state index in [9.17, 15) is 20.2 Å². The molecule has 0 saturated carbocycles. The smallest absolute Gasteiger partial charge is 0.258 e. The van der Waals surface area contributed by atoms with Crippen LogP contribution in [0.3, 0.4) is 0 Å². The fourth-order valence-electron chi connectivity index (χ4n) is 0.790. The van der Waals surface area contributed by atoms with Gasteiger partial charge in [-0.1, -0.05) is 0 Å². The molecule has 2 radical (unpaired) electrons. The second kappa shape index (κ2) is 5.04. The molecule has 0 saturated heterocycles. The molecule has 1 aromatic rings. The van der Waals surface area contributed by atoms with Crippen LogP contribution in [-0.2, 0) is 0 Å².